The van der Waals surface area contributed by atoms with Gasteiger partial charge in [-0.05, 0) is 36.4 Å². The molecule has 6 aromatic carbocycles. The molecular weight excluding hydrogens is 865 g/mol. The number of hydrogen-bond acceptors (Lipinski definition) is 6. The maximum absolute atomic E-state index is 13.5. The van der Waals surface area contributed by atoms with E-state index >= 15 is 0 Å². The van der Waals surface area contributed by atoms with Crippen molar-refractivity contribution in [3.63, 3.8) is 0 Å². The van der Waals surface area contributed by atoms with Gasteiger partial charge in [0.2, 0.25) is 0 Å². The maximum atomic E-state index is 13.5. The van der Waals surface area contributed by atoms with Crippen LogP contribution in [0.5, 0.6) is 0 Å². The van der Waals surface area contributed by atoms with Gasteiger partial charge in [-0.25, -0.2) is 13.2 Å². The van der Waals surface area contributed by atoms with E-state index in [0.717, 1.165) is 50.8 Å². The monoisotopic (exact) mass is 883 g/mol. The van der Waals surface area contributed by atoms with Crippen molar-refractivity contribution in [1.29, 1.82) is 0 Å². The van der Waals surface area contributed by atoms with E-state index < -0.39 is 34.9 Å². The van der Waals surface area contributed by atoms with Crippen LogP contribution in [0.4, 0.5) is 26.3 Å². The number of aromatic nitrogens is 9. The summed E-state index contributed by atoms with van der Waals surface area (Å²) in [7, 11) is 0. The van der Waals surface area contributed by atoms with Gasteiger partial charge < -0.3 is 0 Å². The molecule has 0 saturated carbocycles. The molecule has 258 valence electrons. The van der Waals surface area contributed by atoms with Crippen LogP contribution in [0.2, 0.25) is 0 Å². The summed E-state index contributed by atoms with van der Waals surface area (Å²) in [5.74, 6) is -3.81. The minimum Gasteiger partial charge on any atom is -0.282 e. The number of halogens is 6. The van der Waals surface area contributed by atoms with Crippen LogP contribution in [0, 0.1) is 53.1 Å². The van der Waals surface area contributed by atoms with E-state index in [1.165, 1.54) is 0 Å². The molecule has 0 saturated heterocycles. The molecule has 0 fully saturated rings. The van der Waals surface area contributed by atoms with E-state index in [1.807, 2.05) is 0 Å². The molecule has 3 aromatic heterocycles. The predicted octanol–water partition coefficient (Wildman–Crippen LogP) is 7.49. The Hall–Kier alpha value is -6.25. The topological polar surface area (TPSA) is 92.1 Å². The van der Waals surface area contributed by atoms with Crippen LogP contribution in [0.25, 0.3) is 50.2 Å². The first-order chi connectivity index (χ1) is 24.7. The van der Waals surface area contributed by atoms with E-state index in [2.05, 4.69) is 48.8 Å². The van der Waals surface area contributed by atoms with Crippen LogP contribution < -0.4 is 0 Å². The Morgan fingerprint density at radius 1 is 0.327 bits per heavy atom. The summed E-state index contributed by atoms with van der Waals surface area (Å²) in [5.41, 5.74) is 3.32. The van der Waals surface area contributed by atoms with Crippen molar-refractivity contribution in [2.75, 3.05) is 0 Å². The molecule has 9 aromatic rings. The van der Waals surface area contributed by atoms with Gasteiger partial charge in [-0.3, -0.25) is 13.2 Å². The molecule has 0 amide bonds. The molecule has 16 heteroatoms. The van der Waals surface area contributed by atoms with Crippen molar-refractivity contribution < 1.29 is 46.4 Å². The van der Waals surface area contributed by atoms with E-state index in [1.54, 1.807) is 72.8 Å². The first-order valence-corrected chi connectivity index (χ1v) is 14.8. The van der Waals surface area contributed by atoms with Crippen LogP contribution in [0.1, 0.15) is 0 Å². The molecule has 52 heavy (non-hydrogen) atoms. The second-order valence-corrected chi connectivity index (χ2v) is 10.4. The minimum atomic E-state index is -0.650. The Kier molecular flexibility index (Phi) is 10.5. The van der Waals surface area contributed by atoms with Gasteiger partial charge in [0.05, 0.1) is 0 Å². The van der Waals surface area contributed by atoms with Gasteiger partial charge in [-0.2, -0.15) is 45.0 Å². The van der Waals surface area contributed by atoms with Gasteiger partial charge in [0, 0.05) is 52.0 Å². The Balaban J connectivity index is 0.000000133. The molecule has 0 bridgehead atoms. The van der Waals surface area contributed by atoms with E-state index in [9.17, 15) is 26.3 Å². The van der Waals surface area contributed by atoms with Crippen LogP contribution in [0.3, 0.4) is 0 Å². The van der Waals surface area contributed by atoms with Gasteiger partial charge in [-0.1, -0.05) is 36.4 Å². The summed E-state index contributed by atoms with van der Waals surface area (Å²) in [6, 6.07) is 34.1. The molecule has 0 spiro atoms. The smallest absolute Gasteiger partial charge is 0.282 e. The predicted molar refractivity (Wildman–Crippen MR) is 173 cm³/mol. The Morgan fingerprint density at radius 2 is 0.538 bits per heavy atom. The van der Waals surface area contributed by atoms with Crippen molar-refractivity contribution in [2.24, 2.45) is 0 Å². The molecule has 9 rings (SSSR count). The van der Waals surface area contributed by atoms with Crippen LogP contribution in [-0.2, 0) is 20.1 Å². The van der Waals surface area contributed by atoms with E-state index in [-0.39, 0.29) is 37.2 Å². The number of rotatable bonds is 3. The fourth-order valence-electron chi connectivity index (χ4n) is 4.64. The van der Waals surface area contributed by atoms with Gasteiger partial charge in [-0.15, -0.1) is 54.6 Å². The molecule has 0 N–H and O–H groups in total. The number of hydrogen-bond donors (Lipinski definition) is 0. The largest absolute Gasteiger partial charge is 3.00 e. The fourth-order valence-corrected chi connectivity index (χ4v) is 4.64. The zero-order valence-corrected chi connectivity index (χ0v) is 28.4. The van der Waals surface area contributed by atoms with Gasteiger partial charge in [0.25, 0.3) is 0 Å². The summed E-state index contributed by atoms with van der Waals surface area (Å²) in [5, 5.41) is 24.3. The molecule has 3 heterocycles. The normalized spacial score (nSPS) is 10.7. The van der Waals surface area contributed by atoms with Crippen molar-refractivity contribution in [1.82, 2.24) is 45.0 Å². The standard InChI is InChI=1S/3C12H6F2N3.Ir/c3*13-8-5-6-9(14)12(7-8)17-15-10-3-1-2-4-11(10)16-17;/h3*1-6H;/q3*-1;+3. The summed E-state index contributed by atoms with van der Waals surface area (Å²) in [6.07, 6.45) is 0. The summed E-state index contributed by atoms with van der Waals surface area (Å²) in [6.45, 7) is 0. The maximum Gasteiger partial charge on any atom is 3.00 e. The Bertz CT molecular complexity index is 2270. The summed E-state index contributed by atoms with van der Waals surface area (Å²) >= 11 is 0. The first-order valence-electron chi connectivity index (χ1n) is 14.8. The van der Waals surface area contributed by atoms with Crippen LogP contribution in [-0.4, -0.2) is 45.0 Å². The third-order valence-electron chi connectivity index (χ3n) is 6.98. The van der Waals surface area contributed by atoms with Crippen LogP contribution >= 0.6 is 0 Å². The third kappa shape index (κ3) is 7.72. The third-order valence-corrected chi connectivity index (χ3v) is 6.98. The second-order valence-electron chi connectivity index (χ2n) is 10.4. The van der Waals surface area contributed by atoms with Gasteiger partial charge in [0.15, 0.2) is 0 Å². The second kappa shape index (κ2) is 15.3. The number of fused-ring (bicyclic) bond motifs is 3. The molecule has 0 radical (unpaired) electrons. The molecular formula is C36H18F6IrN9. The number of nitrogens with zero attached hydrogens (tertiary/aromatic N) is 9. The zero-order chi connectivity index (χ0) is 35.5. The molecule has 0 atom stereocenters. The van der Waals surface area contributed by atoms with E-state index in [4.69, 9.17) is 0 Å². The van der Waals surface area contributed by atoms with Gasteiger partial charge in [0.1, 0.15) is 33.1 Å². The molecule has 0 aliphatic carbocycles. The fraction of sp³-hybridized carbons (Fsp3) is 0. The number of benzene rings is 6. The first kappa shape index (κ1) is 35.6. The van der Waals surface area contributed by atoms with Crippen molar-refractivity contribution in [2.45, 2.75) is 0 Å². The molecule has 0 aliphatic heterocycles. The average molecular weight is 883 g/mol. The van der Waals surface area contributed by atoms with Crippen LogP contribution in [0.15, 0.2) is 109 Å². The Labute approximate surface area is 303 Å². The van der Waals surface area contributed by atoms with Crippen molar-refractivity contribution in [3.8, 4) is 17.1 Å². The summed E-state index contributed by atoms with van der Waals surface area (Å²) < 4.78 is 79.4. The SMILES string of the molecule is Fc1[c-]c(-n2nc3ccccc3n2)c(F)cc1.Fc1[c-]c(-n2nc3ccccc3n2)c(F)cc1.Fc1[c-]c(-n2nc3ccccc3n2)c(F)cc1.[Ir+3]. The molecule has 0 aliphatic rings. The Morgan fingerprint density at radius 3 is 0.750 bits per heavy atom. The summed E-state index contributed by atoms with van der Waals surface area (Å²) in [4.78, 5) is 3.13. The minimum absolute atomic E-state index is 0. The zero-order valence-electron chi connectivity index (χ0n) is 26.0. The van der Waals surface area contributed by atoms with Crippen molar-refractivity contribution >= 4 is 33.1 Å². The molecule has 0 unspecified atom stereocenters. The van der Waals surface area contributed by atoms with Crippen molar-refractivity contribution in [3.05, 3.63) is 162 Å². The van der Waals surface area contributed by atoms with E-state index in [0.29, 0.717) is 33.1 Å². The average Bonchev–Trinajstić information content (AvgIpc) is 3.88. The van der Waals surface area contributed by atoms with Gasteiger partial charge >= 0.3 is 20.1 Å². The quantitative estimate of drug-likeness (QED) is 0.135. The molecule has 9 nitrogen and oxygen atoms in total.